The summed E-state index contributed by atoms with van der Waals surface area (Å²) in [5.41, 5.74) is 2.99. The number of imidazole rings is 1. The van der Waals surface area contributed by atoms with Gasteiger partial charge in [-0.1, -0.05) is 31.9 Å². The first-order chi connectivity index (χ1) is 11.8. The zero-order valence-corrected chi connectivity index (χ0v) is 14.3. The number of H-pyrrole nitrogens is 1. The highest BCUT2D eigenvalue weighted by Gasteiger charge is 2.10. The molecule has 0 fully saturated rings. The van der Waals surface area contributed by atoms with Crippen molar-refractivity contribution < 1.29 is 9.47 Å². The van der Waals surface area contributed by atoms with Gasteiger partial charge in [0, 0.05) is 5.56 Å². The number of aromatic nitrogens is 2. The highest BCUT2D eigenvalue weighted by atomic mass is 16.5. The van der Waals surface area contributed by atoms with Gasteiger partial charge in [-0.15, -0.1) is 0 Å². The van der Waals surface area contributed by atoms with E-state index in [4.69, 9.17) is 9.47 Å². The summed E-state index contributed by atoms with van der Waals surface area (Å²) in [4.78, 5) is 8.00. The molecule has 126 valence electrons. The minimum absolute atomic E-state index is 0.606. The monoisotopic (exact) mass is 324 g/mol. The molecule has 0 radical (unpaired) electrons. The molecule has 0 saturated carbocycles. The van der Waals surface area contributed by atoms with Gasteiger partial charge in [-0.3, -0.25) is 0 Å². The summed E-state index contributed by atoms with van der Waals surface area (Å²) in [6.45, 7) is 5.50. The maximum atomic E-state index is 5.89. The van der Waals surface area contributed by atoms with Crippen molar-refractivity contribution in [1.82, 2.24) is 9.97 Å². The van der Waals surface area contributed by atoms with E-state index in [2.05, 4.69) is 16.9 Å². The lowest BCUT2D eigenvalue weighted by Crippen LogP contribution is -2.01. The second kappa shape index (κ2) is 7.86. The van der Waals surface area contributed by atoms with E-state index in [1.165, 1.54) is 12.8 Å². The van der Waals surface area contributed by atoms with Gasteiger partial charge in [-0.25, -0.2) is 4.98 Å². The van der Waals surface area contributed by atoms with Crippen LogP contribution < -0.4 is 9.47 Å². The molecule has 2 aromatic carbocycles. The lowest BCUT2D eigenvalue weighted by Gasteiger charge is -2.12. The zero-order chi connectivity index (χ0) is 16.8. The third-order valence-electron chi connectivity index (χ3n) is 3.91. The number of hydrogen-bond acceptors (Lipinski definition) is 3. The molecule has 1 aromatic heterocycles. The van der Waals surface area contributed by atoms with Crippen molar-refractivity contribution in [2.45, 2.75) is 33.1 Å². The van der Waals surface area contributed by atoms with Crippen LogP contribution in [0.4, 0.5) is 0 Å². The quantitative estimate of drug-likeness (QED) is 0.579. The molecule has 3 aromatic rings. The van der Waals surface area contributed by atoms with E-state index in [1.807, 2.05) is 49.4 Å². The van der Waals surface area contributed by atoms with Crippen LogP contribution >= 0.6 is 0 Å². The maximum absolute atomic E-state index is 5.89. The number of rotatable bonds is 8. The molecule has 0 spiro atoms. The lowest BCUT2D eigenvalue weighted by molar-refractivity contribution is 0.271. The van der Waals surface area contributed by atoms with Crippen molar-refractivity contribution in [1.29, 1.82) is 0 Å². The third kappa shape index (κ3) is 3.70. The van der Waals surface area contributed by atoms with Gasteiger partial charge in [0.25, 0.3) is 0 Å². The Morgan fingerprint density at radius 2 is 1.83 bits per heavy atom. The Hall–Kier alpha value is -2.49. The molecule has 1 N–H and O–H groups in total. The van der Waals surface area contributed by atoms with Crippen LogP contribution in [-0.4, -0.2) is 23.2 Å². The van der Waals surface area contributed by atoms with E-state index < -0.39 is 0 Å². The fraction of sp³-hybridized carbons (Fsp3) is 0.350. The molecule has 0 unspecified atom stereocenters. The lowest BCUT2D eigenvalue weighted by atomic mass is 10.2. The summed E-state index contributed by atoms with van der Waals surface area (Å²) >= 11 is 0. The van der Waals surface area contributed by atoms with E-state index in [-0.39, 0.29) is 0 Å². The second-order valence-corrected chi connectivity index (χ2v) is 5.75. The topological polar surface area (TPSA) is 47.1 Å². The van der Waals surface area contributed by atoms with Gasteiger partial charge in [0.1, 0.15) is 5.82 Å². The standard InChI is InChI=1S/C20H24N2O2/c1-3-5-8-13-24-18-12-11-15(14-19(18)23-4-2)20-21-16-9-6-7-10-17(16)22-20/h6-7,9-12,14H,3-5,8,13H2,1-2H3,(H,21,22). The van der Waals surface area contributed by atoms with E-state index in [0.29, 0.717) is 6.61 Å². The molecule has 0 aliphatic heterocycles. The van der Waals surface area contributed by atoms with Crippen molar-refractivity contribution in [3.63, 3.8) is 0 Å². The number of para-hydroxylation sites is 2. The Kier molecular flexibility index (Phi) is 5.36. The zero-order valence-electron chi connectivity index (χ0n) is 14.3. The SMILES string of the molecule is CCCCCOc1ccc(-c2nc3ccccc3[nH]2)cc1OCC. The molecule has 1 heterocycles. The molecule has 0 amide bonds. The number of benzene rings is 2. The first-order valence-electron chi connectivity index (χ1n) is 8.66. The smallest absolute Gasteiger partial charge is 0.161 e. The van der Waals surface area contributed by atoms with Gasteiger partial charge >= 0.3 is 0 Å². The average molecular weight is 324 g/mol. The van der Waals surface area contributed by atoms with Crippen molar-refractivity contribution in [2.75, 3.05) is 13.2 Å². The van der Waals surface area contributed by atoms with Crippen molar-refractivity contribution in [3.8, 4) is 22.9 Å². The van der Waals surface area contributed by atoms with Crippen LogP contribution in [-0.2, 0) is 0 Å². The van der Waals surface area contributed by atoms with Crippen LogP contribution in [0, 0.1) is 0 Å². The van der Waals surface area contributed by atoms with Gasteiger partial charge in [-0.05, 0) is 43.7 Å². The van der Waals surface area contributed by atoms with Gasteiger partial charge < -0.3 is 14.5 Å². The largest absolute Gasteiger partial charge is 0.490 e. The average Bonchev–Trinajstić information content (AvgIpc) is 3.04. The van der Waals surface area contributed by atoms with Crippen LogP contribution in [0.15, 0.2) is 42.5 Å². The molecule has 0 aliphatic carbocycles. The molecule has 4 nitrogen and oxygen atoms in total. The Morgan fingerprint density at radius 1 is 0.958 bits per heavy atom. The molecule has 0 bridgehead atoms. The van der Waals surface area contributed by atoms with Gasteiger partial charge in [0.2, 0.25) is 0 Å². The Bertz CT molecular complexity index is 762. The molecular formula is C20H24N2O2. The summed E-state index contributed by atoms with van der Waals surface area (Å²) in [6.07, 6.45) is 3.43. The number of nitrogens with zero attached hydrogens (tertiary/aromatic N) is 1. The Labute approximate surface area is 142 Å². The van der Waals surface area contributed by atoms with Gasteiger partial charge in [0.05, 0.1) is 24.2 Å². The summed E-state index contributed by atoms with van der Waals surface area (Å²) in [7, 11) is 0. The summed E-state index contributed by atoms with van der Waals surface area (Å²) in [5, 5.41) is 0. The minimum atomic E-state index is 0.606. The predicted octanol–water partition coefficient (Wildman–Crippen LogP) is 5.20. The fourth-order valence-electron chi connectivity index (χ4n) is 2.67. The third-order valence-corrected chi connectivity index (χ3v) is 3.91. The Morgan fingerprint density at radius 3 is 2.62 bits per heavy atom. The second-order valence-electron chi connectivity index (χ2n) is 5.75. The summed E-state index contributed by atoms with van der Waals surface area (Å²) < 4.78 is 11.6. The van der Waals surface area contributed by atoms with Crippen LogP contribution in [0.25, 0.3) is 22.4 Å². The number of aromatic amines is 1. The molecule has 3 rings (SSSR count). The van der Waals surface area contributed by atoms with Crippen molar-refractivity contribution in [2.24, 2.45) is 0 Å². The first kappa shape index (κ1) is 16.4. The molecular weight excluding hydrogens is 300 g/mol. The van der Waals surface area contributed by atoms with E-state index in [0.717, 1.165) is 46.9 Å². The van der Waals surface area contributed by atoms with Crippen molar-refractivity contribution in [3.05, 3.63) is 42.5 Å². The van der Waals surface area contributed by atoms with E-state index in [1.54, 1.807) is 0 Å². The number of nitrogens with one attached hydrogen (secondary N) is 1. The molecule has 0 saturated heterocycles. The normalized spacial score (nSPS) is 10.9. The highest BCUT2D eigenvalue weighted by molar-refractivity contribution is 5.79. The Balaban J connectivity index is 1.84. The van der Waals surface area contributed by atoms with Crippen LogP contribution in [0.2, 0.25) is 0 Å². The summed E-state index contributed by atoms with van der Waals surface area (Å²) in [5.74, 6) is 2.41. The summed E-state index contributed by atoms with van der Waals surface area (Å²) in [6, 6.07) is 14.0. The minimum Gasteiger partial charge on any atom is -0.490 e. The molecule has 0 aliphatic rings. The van der Waals surface area contributed by atoms with Crippen LogP contribution in [0.1, 0.15) is 33.1 Å². The number of unbranched alkanes of at least 4 members (excludes halogenated alkanes) is 2. The van der Waals surface area contributed by atoms with E-state index in [9.17, 15) is 0 Å². The maximum Gasteiger partial charge on any atom is 0.161 e. The van der Waals surface area contributed by atoms with Crippen LogP contribution in [0.3, 0.4) is 0 Å². The number of fused-ring (bicyclic) bond motifs is 1. The molecule has 24 heavy (non-hydrogen) atoms. The first-order valence-corrected chi connectivity index (χ1v) is 8.66. The van der Waals surface area contributed by atoms with Crippen molar-refractivity contribution >= 4 is 11.0 Å². The fourth-order valence-corrected chi connectivity index (χ4v) is 2.67. The van der Waals surface area contributed by atoms with Crippen LogP contribution in [0.5, 0.6) is 11.5 Å². The molecule has 0 atom stereocenters. The van der Waals surface area contributed by atoms with E-state index >= 15 is 0 Å². The van der Waals surface area contributed by atoms with Gasteiger partial charge in [0.15, 0.2) is 11.5 Å². The number of ether oxygens (including phenoxy) is 2. The number of hydrogen-bond donors (Lipinski definition) is 1. The molecule has 4 heteroatoms. The highest BCUT2D eigenvalue weighted by Crippen LogP contribution is 2.32. The van der Waals surface area contributed by atoms with Gasteiger partial charge in [-0.2, -0.15) is 0 Å². The predicted molar refractivity (Wildman–Crippen MR) is 97.7 cm³/mol.